The fraction of sp³-hybridized carbons (Fsp3) is 0.429. The monoisotopic (exact) mass is 488 g/mol. The first-order valence-corrected chi connectivity index (χ1v) is 12.5. The molecule has 2 aromatic carbocycles. The van der Waals surface area contributed by atoms with Crippen LogP contribution in [0.2, 0.25) is 0 Å². The van der Waals surface area contributed by atoms with Crippen LogP contribution in [0, 0.1) is 6.92 Å². The minimum Gasteiger partial charge on any atom is -0.497 e. The summed E-state index contributed by atoms with van der Waals surface area (Å²) in [5, 5.41) is 13.8. The number of pyridine rings is 1. The summed E-state index contributed by atoms with van der Waals surface area (Å²) in [7, 11) is 1.67. The number of methoxy groups -OCH3 is 1. The number of benzene rings is 2. The van der Waals surface area contributed by atoms with Gasteiger partial charge < -0.3 is 9.72 Å². The van der Waals surface area contributed by atoms with E-state index in [0.717, 1.165) is 52.0 Å². The first-order valence-electron chi connectivity index (χ1n) is 12.5. The molecule has 2 heterocycles. The molecule has 0 bridgehead atoms. The molecule has 0 radical (unpaired) electrons. The Labute approximate surface area is 212 Å². The predicted octanol–water partition coefficient (Wildman–Crippen LogP) is 5.13. The van der Waals surface area contributed by atoms with Gasteiger partial charge in [0.1, 0.15) is 5.75 Å². The molecule has 190 valence electrons. The van der Waals surface area contributed by atoms with Gasteiger partial charge in [-0.25, -0.2) is 4.68 Å². The molecular weight excluding hydrogens is 452 g/mol. The molecule has 4 aromatic rings. The lowest BCUT2D eigenvalue weighted by Crippen LogP contribution is -2.35. The molecule has 36 heavy (non-hydrogen) atoms. The SMILES string of the molecule is CCC[C@H](c1nnnn1C(C)(C)C)N(Cc1ccc(OC)cc1)Cc1cc2ccc(C)cc2[nH]c1=O. The number of aryl methyl sites for hydroxylation is 1. The number of rotatable bonds is 9. The zero-order valence-electron chi connectivity index (χ0n) is 22.1. The van der Waals surface area contributed by atoms with Crippen molar-refractivity contribution in [3.05, 3.63) is 81.4 Å². The van der Waals surface area contributed by atoms with Crippen molar-refractivity contribution >= 4 is 10.9 Å². The molecule has 0 aliphatic rings. The Balaban J connectivity index is 1.78. The lowest BCUT2D eigenvalue weighted by molar-refractivity contribution is 0.148. The van der Waals surface area contributed by atoms with Crippen LogP contribution in [0.4, 0.5) is 0 Å². The third-order valence-corrected chi connectivity index (χ3v) is 6.43. The lowest BCUT2D eigenvalue weighted by Gasteiger charge is -2.33. The molecule has 2 aromatic heterocycles. The molecule has 0 amide bonds. The summed E-state index contributed by atoms with van der Waals surface area (Å²) in [6, 6.07) is 16.1. The molecule has 8 nitrogen and oxygen atoms in total. The highest BCUT2D eigenvalue weighted by atomic mass is 16.5. The molecule has 1 atom stereocenters. The molecule has 0 aliphatic carbocycles. The van der Waals surface area contributed by atoms with Crippen molar-refractivity contribution in [3.63, 3.8) is 0 Å². The van der Waals surface area contributed by atoms with Crippen molar-refractivity contribution in [1.82, 2.24) is 30.1 Å². The average molecular weight is 489 g/mol. The van der Waals surface area contributed by atoms with Gasteiger partial charge in [-0.2, -0.15) is 0 Å². The summed E-state index contributed by atoms with van der Waals surface area (Å²) in [6.45, 7) is 11.6. The number of hydrogen-bond donors (Lipinski definition) is 1. The van der Waals surface area contributed by atoms with E-state index in [9.17, 15) is 4.79 Å². The molecule has 0 saturated carbocycles. The second-order valence-electron chi connectivity index (χ2n) is 10.4. The van der Waals surface area contributed by atoms with Crippen LogP contribution in [-0.2, 0) is 18.6 Å². The van der Waals surface area contributed by atoms with E-state index in [2.05, 4.69) is 77.4 Å². The van der Waals surface area contributed by atoms with Crippen molar-refractivity contribution < 1.29 is 4.74 Å². The highest BCUT2D eigenvalue weighted by Crippen LogP contribution is 2.30. The molecule has 0 spiro atoms. The minimum atomic E-state index is -0.269. The summed E-state index contributed by atoms with van der Waals surface area (Å²) in [4.78, 5) is 18.6. The number of tetrazole rings is 1. The van der Waals surface area contributed by atoms with Gasteiger partial charge in [0.2, 0.25) is 0 Å². The van der Waals surface area contributed by atoms with E-state index in [4.69, 9.17) is 4.74 Å². The summed E-state index contributed by atoms with van der Waals surface area (Å²) >= 11 is 0. The van der Waals surface area contributed by atoms with E-state index < -0.39 is 0 Å². The van der Waals surface area contributed by atoms with Gasteiger partial charge in [-0.1, -0.05) is 37.6 Å². The topological polar surface area (TPSA) is 88.9 Å². The molecule has 0 aliphatic heterocycles. The van der Waals surface area contributed by atoms with Crippen LogP contribution in [0.3, 0.4) is 0 Å². The van der Waals surface area contributed by atoms with Gasteiger partial charge in [-0.3, -0.25) is 9.69 Å². The van der Waals surface area contributed by atoms with Crippen LogP contribution in [0.5, 0.6) is 5.75 Å². The number of aromatic nitrogens is 5. The van der Waals surface area contributed by atoms with Crippen LogP contribution in [0.25, 0.3) is 10.9 Å². The molecule has 0 fully saturated rings. The lowest BCUT2D eigenvalue weighted by atomic mass is 10.0. The van der Waals surface area contributed by atoms with Gasteiger partial charge in [0.05, 0.1) is 18.7 Å². The van der Waals surface area contributed by atoms with Crippen LogP contribution in [0.1, 0.15) is 69.1 Å². The van der Waals surface area contributed by atoms with Crippen molar-refractivity contribution in [2.24, 2.45) is 0 Å². The smallest absolute Gasteiger partial charge is 0.252 e. The average Bonchev–Trinajstić information content (AvgIpc) is 3.33. The van der Waals surface area contributed by atoms with E-state index in [1.165, 1.54) is 0 Å². The Morgan fingerprint density at radius 2 is 1.83 bits per heavy atom. The van der Waals surface area contributed by atoms with Crippen molar-refractivity contribution in [2.45, 2.75) is 72.1 Å². The van der Waals surface area contributed by atoms with Crippen LogP contribution in [0.15, 0.2) is 53.3 Å². The zero-order valence-corrected chi connectivity index (χ0v) is 22.1. The van der Waals surface area contributed by atoms with E-state index in [0.29, 0.717) is 13.1 Å². The number of aromatic amines is 1. The number of nitrogens with one attached hydrogen (secondary N) is 1. The fourth-order valence-corrected chi connectivity index (χ4v) is 4.57. The van der Waals surface area contributed by atoms with Crippen LogP contribution < -0.4 is 10.3 Å². The van der Waals surface area contributed by atoms with Gasteiger partial charge in [0, 0.05) is 24.2 Å². The maximum absolute atomic E-state index is 13.2. The molecule has 0 unspecified atom stereocenters. The predicted molar refractivity (Wildman–Crippen MR) is 142 cm³/mol. The van der Waals surface area contributed by atoms with Gasteiger partial charge in [-0.15, -0.1) is 5.10 Å². The highest BCUT2D eigenvalue weighted by molar-refractivity contribution is 5.79. The Hall–Kier alpha value is -3.52. The number of H-pyrrole nitrogens is 1. The van der Waals surface area contributed by atoms with Crippen molar-refractivity contribution in [1.29, 1.82) is 0 Å². The Kier molecular flexibility index (Phi) is 7.54. The Bertz CT molecular complexity index is 1370. The summed E-state index contributed by atoms with van der Waals surface area (Å²) in [5.41, 5.74) is 3.47. The quantitative estimate of drug-likeness (QED) is 0.351. The third-order valence-electron chi connectivity index (χ3n) is 6.43. The summed E-state index contributed by atoms with van der Waals surface area (Å²) < 4.78 is 7.25. The molecule has 8 heteroatoms. The molecular formula is C28H36N6O2. The van der Waals surface area contributed by atoms with E-state index in [-0.39, 0.29) is 17.1 Å². The van der Waals surface area contributed by atoms with Crippen LogP contribution in [-0.4, -0.2) is 37.2 Å². The maximum atomic E-state index is 13.2. The maximum Gasteiger partial charge on any atom is 0.252 e. The number of ether oxygens (including phenoxy) is 1. The van der Waals surface area contributed by atoms with Crippen LogP contribution >= 0.6 is 0 Å². The molecule has 0 saturated heterocycles. The van der Waals surface area contributed by atoms with Gasteiger partial charge in [0.25, 0.3) is 5.56 Å². The number of nitrogens with zero attached hydrogens (tertiary/aromatic N) is 5. The normalized spacial score (nSPS) is 12.9. The van der Waals surface area contributed by atoms with Gasteiger partial charge in [0.15, 0.2) is 5.82 Å². The standard InChI is InChI=1S/C28H36N6O2/c1-7-8-25(26-30-31-32-34(26)28(3,4)5)33(17-20-10-13-23(36-6)14-11-20)18-22-16-21-12-9-19(2)15-24(21)29-27(22)35/h9-16,25H,7-8,17-18H2,1-6H3,(H,29,35)/t25-/m1/s1. The fourth-order valence-electron chi connectivity index (χ4n) is 4.57. The van der Waals surface area contributed by atoms with E-state index in [1.54, 1.807) is 7.11 Å². The largest absolute Gasteiger partial charge is 0.497 e. The van der Waals surface area contributed by atoms with Crippen molar-refractivity contribution in [2.75, 3.05) is 7.11 Å². The van der Waals surface area contributed by atoms with Gasteiger partial charge in [-0.05, 0) is 85.3 Å². The van der Waals surface area contributed by atoms with Gasteiger partial charge >= 0.3 is 0 Å². The van der Waals surface area contributed by atoms with Crippen molar-refractivity contribution in [3.8, 4) is 5.75 Å². The third kappa shape index (κ3) is 5.65. The minimum absolute atomic E-state index is 0.0700. The zero-order chi connectivity index (χ0) is 25.9. The Morgan fingerprint density at radius 3 is 2.50 bits per heavy atom. The second-order valence-corrected chi connectivity index (χ2v) is 10.4. The Morgan fingerprint density at radius 1 is 1.08 bits per heavy atom. The second kappa shape index (κ2) is 10.6. The molecule has 1 N–H and O–H groups in total. The number of fused-ring (bicyclic) bond motifs is 1. The summed E-state index contributed by atoms with van der Waals surface area (Å²) in [5.74, 6) is 1.62. The number of hydrogen-bond acceptors (Lipinski definition) is 6. The first kappa shape index (κ1) is 25.6. The molecule has 4 rings (SSSR count). The first-order chi connectivity index (χ1) is 17.2. The highest BCUT2D eigenvalue weighted by Gasteiger charge is 2.30. The summed E-state index contributed by atoms with van der Waals surface area (Å²) in [6.07, 6.45) is 1.81. The van der Waals surface area contributed by atoms with E-state index >= 15 is 0 Å². The van der Waals surface area contributed by atoms with E-state index in [1.807, 2.05) is 35.9 Å².